The Morgan fingerprint density at radius 1 is 1.39 bits per heavy atom. The van der Waals surface area contributed by atoms with Gasteiger partial charge in [0.2, 0.25) is 5.91 Å². The summed E-state index contributed by atoms with van der Waals surface area (Å²) in [5.74, 6) is 0.247. The lowest BCUT2D eigenvalue weighted by molar-refractivity contribution is -0.140. The zero-order valence-electron chi connectivity index (χ0n) is 11.4. The monoisotopic (exact) mass is 273 g/mol. The lowest BCUT2D eigenvalue weighted by Crippen LogP contribution is -2.43. The summed E-state index contributed by atoms with van der Waals surface area (Å²) in [6, 6.07) is 0. The molecule has 0 aromatic carbocycles. The first kappa shape index (κ1) is 15.3. The summed E-state index contributed by atoms with van der Waals surface area (Å²) in [5, 5.41) is 9.36. The van der Waals surface area contributed by atoms with Gasteiger partial charge in [0.25, 0.3) is 0 Å². The number of carbonyl (C=O) groups excluding carboxylic acids is 1. The highest BCUT2D eigenvalue weighted by molar-refractivity contribution is 8.00. The number of hydrogen-bond acceptors (Lipinski definition) is 3. The molecule has 0 aromatic rings. The second-order valence-electron chi connectivity index (χ2n) is 5.65. The molecule has 4 nitrogen and oxygen atoms in total. The van der Waals surface area contributed by atoms with Gasteiger partial charge in [0, 0.05) is 30.5 Å². The number of rotatable bonds is 5. The van der Waals surface area contributed by atoms with Crippen LogP contribution < -0.4 is 0 Å². The van der Waals surface area contributed by atoms with Crippen molar-refractivity contribution < 1.29 is 14.7 Å². The second kappa shape index (κ2) is 6.45. The first-order valence-corrected chi connectivity index (χ1v) is 7.50. The fraction of sp³-hybridized carbons (Fsp3) is 0.846. The first-order valence-electron chi connectivity index (χ1n) is 6.45. The minimum absolute atomic E-state index is 0.0402. The molecule has 1 amide bonds. The van der Waals surface area contributed by atoms with Crippen LogP contribution in [0, 0.1) is 5.41 Å². The fourth-order valence-electron chi connectivity index (χ4n) is 2.19. The quantitative estimate of drug-likeness (QED) is 0.834. The lowest BCUT2D eigenvalue weighted by atomic mass is 9.85. The van der Waals surface area contributed by atoms with Gasteiger partial charge in [0.05, 0.1) is 6.42 Å². The molecule has 1 saturated heterocycles. The summed E-state index contributed by atoms with van der Waals surface area (Å²) < 4.78 is 0. The summed E-state index contributed by atoms with van der Waals surface area (Å²) in [6.45, 7) is 7.43. The van der Waals surface area contributed by atoms with Crippen LogP contribution in [0.15, 0.2) is 0 Å². The first-order chi connectivity index (χ1) is 8.34. The van der Waals surface area contributed by atoms with Crippen LogP contribution in [-0.4, -0.2) is 46.0 Å². The molecule has 5 heteroatoms. The van der Waals surface area contributed by atoms with E-state index in [4.69, 9.17) is 5.11 Å². The third kappa shape index (κ3) is 4.88. The lowest BCUT2D eigenvalue weighted by Gasteiger charge is -2.34. The van der Waals surface area contributed by atoms with E-state index in [2.05, 4.69) is 6.92 Å². The van der Waals surface area contributed by atoms with Crippen LogP contribution in [0.3, 0.4) is 0 Å². The predicted octanol–water partition coefficient (Wildman–Crippen LogP) is 2.23. The summed E-state index contributed by atoms with van der Waals surface area (Å²) >= 11 is 1.92. The number of hydrogen-bond donors (Lipinski definition) is 1. The van der Waals surface area contributed by atoms with Gasteiger partial charge in [-0.2, -0.15) is 11.8 Å². The number of carbonyl (C=O) groups is 2. The topological polar surface area (TPSA) is 57.6 Å². The molecule has 1 fully saturated rings. The van der Waals surface area contributed by atoms with E-state index >= 15 is 0 Å². The number of amides is 1. The van der Waals surface area contributed by atoms with Gasteiger partial charge in [-0.3, -0.25) is 9.59 Å². The van der Waals surface area contributed by atoms with E-state index in [0.29, 0.717) is 11.7 Å². The molecule has 1 N–H and O–H groups in total. The average molecular weight is 273 g/mol. The van der Waals surface area contributed by atoms with E-state index < -0.39 is 11.4 Å². The van der Waals surface area contributed by atoms with Gasteiger partial charge in [-0.25, -0.2) is 0 Å². The molecular weight excluding hydrogens is 250 g/mol. The minimum atomic E-state index is -0.839. The molecule has 0 aromatic heterocycles. The third-order valence-corrected chi connectivity index (χ3v) is 4.58. The predicted molar refractivity (Wildman–Crippen MR) is 73.8 cm³/mol. The molecule has 0 aliphatic carbocycles. The van der Waals surface area contributed by atoms with Gasteiger partial charge in [-0.1, -0.05) is 20.8 Å². The van der Waals surface area contributed by atoms with Gasteiger partial charge < -0.3 is 10.0 Å². The summed E-state index contributed by atoms with van der Waals surface area (Å²) in [6.07, 6.45) is 1.44. The molecule has 1 rings (SSSR count). The van der Waals surface area contributed by atoms with E-state index in [1.165, 1.54) is 0 Å². The average Bonchev–Trinajstić information content (AvgIpc) is 2.26. The van der Waals surface area contributed by atoms with E-state index in [9.17, 15) is 9.59 Å². The smallest absolute Gasteiger partial charge is 0.303 e. The normalized spacial score (nSPS) is 20.8. The molecule has 1 heterocycles. The largest absolute Gasteiger partial charge is 0.481 e. The Bertz CT molecular complexity index is 317. The molecule has 0 spiro atoms. The second-order valence-corrected chi connectivity index (χ2v) is 7.06. The van der Waals surface area contributed by atoms with E-state index in [0.717, 1.165) is 25.3 Å². The summed E-state index contributed by atoms with van der Waals surface area (Å²) in [7, 11) is 0. The van der Waals surface area contributed by atoms with Crippen LogP contribution in [0.4, 0.5) is 0 Å². The zero-order chi connectivity index (χ0) is 13.8. The van der Waals surface area contributed by atoms with Crippen LogP contribution in [-0.2, 0) is 9.59 Å². The van der Waals surface area contributed by atoms with Gasteiger partial charge in [0.1, 0.15) is 0 Å². The van der Waals surface area contributed by atoms with E-state index in [1.807, 2.05) is 30.5 Å². The molecule has 0 bridgehead atoms. The maximum Gasteiger partial charge on any atom is 0.303 e. The van der Waals surface area contributed by atoms with Crippen molar-refractivity contribution in [3.05, 3.63) is 0 Å². The maximum atomic E-state index is 12.2. The van der Waals surface area contributed by atoms with Crippen molar-refractivity contribution in [2.45, 2.75) is 45.3 Å². The van der Waals surface area contributed by atoms with Crippen LogP contribution in [0.5, 0.6) is 0 Å². The Hall–Kier alpha value is -0.710. The highest BCUT2D eigenvalue weighted by atomic mass is 32.2. The minimum Gasteiger partial charge on any atom is -0.481 e. The van der Waals surface area contributed by atoms with Crippen molar-refractivity contribution in [2.75, 3.05) is 18.8 Å². The number of nitrogens with zero attached hydrogens (tertiary/aromatic N) is 1. The van der Waals surface area contributed by atoms with Gasteiger partial charge >= 0.3 is 5.97 Å². The molecule has 0 radical (unpaired) electrons. The molecule has 18 heavy (non-hydrogen) atoms. The summed E-state index contributed by atoms with van der Waals surface area (Å²) in [5.41, 5.74) is -0.463. The van der Waals surface area contributed by atoms with Crippen LogP contribution >= 0.6 is 11.8 Å². The molecule has 1 aliphatic rings. The molecule has 1 unspecified atom stereocenters. The van der Waals surface area contributed by atoms with Gasteiger partial charge in [-0.05, 0) is 11.8 Å². The molecule has 0 saturated carbocycles. The van der Waals surface area contributed by atoms with Crippen molar-refractivity contribution in [1.82, 2.24) is 4.90 Å². The number of thioether (sulfide) groups is 1. The number of aliphatic carboxylic acids is 1. The highest BCUT2D eigenvalue weighted by Crippen LogP contribution is 2.28. The SMILES string of the molecule is CCC1CN(C(=O)CC(C)(C)CC(=O)O)CCS1. The van der Waals surface area contributed by atoms with Crippen molar-refractivity contribution in [1.29, 1.82) is 0 Å². The van der Waals surface area contributed by atoms with Crippen molar-refractivity contribution in [3.63, 3.8) is 0 Å². The Morgan fingerprint density at radius 3 is 2.61 bits per heavy atom. The summed E-state index contributed by atoms with van der Waals surface area (Å²) in [4.78, 5) is 24.8. The molecule has 104 valence electrons. The Balaban J connectivity index is 2.51. The number of carboxylic acid groups (broad SMARTS) is 1. The van der Waals surface area contributed by atoms with Crippen molar-refractivity contribution in [3.8, 4) is 0 Å². The standard InChI is InChI=1S/C13H23NO3S/c1-4-10-9-14(5-6-18-10)11(15)7-13(2,3)8-12(16)17/h10H,4-9H2,1-3H3,(H,16,17). The molecule has 1 aliphatic heterocycles. The highest BCUT2D eigenvalue weighted by Gasteiger charge is 2.29. The van der Waals surface area contributed by atoms with Gasteiger partial charge in [-0.15, -0.1) is 0 Å². The van der Waals surface area contributed by atoms with Crippen molar-refractivity contribution in [2.24, 2.45) is 5.41 Å². The maximum absolute atomic E-state index is 12.2. The Morgan fingerprint density at radius 2 is 2.06 bits per heavy atom. The molecule has 1 atom stereocenters. The zero-order valence-corrected chi connectivity index (χ0v) is 12.3. The number of carboxylic acids is 1. The van der Waals surface area contributed by atoms with Gasteiger partial charge in [0.15, 0.2) is 0 Å². The van der Waals surface area contributed by atoms with E-state index in [1.54, 1.807) is 0 Å². The Kier molecular flexibility index (Phi) is 5.50. The van der Waals surface area contributed by atoms with E-state index in [-0.39, 0.29) is 12.3 Å². The van der Waals surface area contributed by atoms with Crippen LogP contribution in [0.1, 0.15) is 40.0 Å². The van der Waals surface area contributed by atoms with Crippen LogP contribution in [0.2, 0.25) is 0 Å². The van der Waals surface area contributed by atoms with Crippen molar-refractivity contribution >= 4 is 23.6 Å². The Labute approximate surface area is 113 Å². The third-order valence-electron chi connectivity index (χ3n) is 3.21. The fourth-order valence-corrected chi connectivity index (χ4v) is 3.37. The molecular formula is C13H23NO3S. The van der Waals surface area contributed by atoms with Crippen LogP contribution in [0.25, 0.3) is 0 Å².